The zero-order valence-corrected chi connectivity index (χ0v) is 19.1. The first-order chi connectivity index (χ1) is 15.6. The molecule has 0 atom stereocenters. The van der Waals surface area contributed by atoms with Crippen molar-refractivity contribution in [1.82, 2.24) is 0 Å². The van der Waals surface area contributed by atoms with E-state index < -0.39 is 0 Å². The van der Waals surface area contributed by atoms with Crippen LogP contribution in [0.2, 0.25) is 0 Å². The molecule has 1 heteroatoms. The Morgan fingerprint density at radius 1 is 0.750 bits per heavy atom. The van der Waals surface area contributed by atoms with Crippen LogP contribution in [0.3, 0.4) is 0 Å². The third-order valence-corrected chi connectivity index (χ3v) is 5.37. The quantitative estimate of drug-likeness (QED) is 0.248. The number of hydrogen-bond donors (Lipinski definition) is 0. The Morgan fingerprint density at radius 3 is 1.72 bits per heavy atom. The molecular weight excluding hydrogens is 386 g/mol. The largest absolute Gasteiger partial charge is 0.310 e. The fourth-order valence-electron chi connectivity index (χ4n) is 3.67. The number of anilines is 2. The molecule has 0 saturated heterocycles. The molecule has 0 unspecified atom stereocenters. The monoisotopic (exact) mass is 417 g/mol. The van der Waals surface area contributed by atoms with Gasteiger partial charge in [0.2, 0.25) is 0 Å². The highest BCUT2D eigenvalue weighted by Gasteiger charge is 2.17. The molecule has 3 aromatic carbocycles. The van der Waals surface area contributed by atoms with E-state index in [1.807, 2.05) is 18.2 Å². The first-order valence-corrected chi connectivity index (χ1v) is 10.9. The lowest BCUT2D eigenvalue weighted by atomic mass is 10.0. The molecule has 0 aromatic heterocycles. The molecule has 0 radical (unpaired) electrons. The van der Waals surface area contributed by atoms with Gasteiger partial charge in [0.25, 0.3) is 0 Å². The predicted octanol–water partition coefficient (Wildman–Crippen LogP) is 9.06. The van der Waals surface area contributed by atoms with Gasteiger partial charge >= 0.3 is 0 Å². The molecule has 0 spiro atoms. The molecule has 0 saturated carbocycles. The average Bonchev–Trinajstić information content (AvgIpc) is 2.84. The molecule has 0 heterocycles. The Labute approximate surface area is 193 Å². The number of benzene rings is 3. The third kappa shape index (κ3) is 5.44. The van der Waals surface area contributed by atoms with Gasteiger partial charge in [0, 0.05) is 11.4 Å². The number of nitrogens with zero attached hydrogens (tertiary/aromatic N) is 1. The van der Waals surface area contributed by atoms with Crippen LogP contribution in [0, 0.1) is 0 Å². The van der Waals surface area contributed by atoms with Gasteiger partial charge in [-0.1, -0.05) is 106 Å². The highest BCUT2D eigenvalue weighted by atomic mass is 15.2. The summed E-state index contributed by atoms with van der Waals surface area (Å²) >= 11 is 0. The van der Waals surface area contributed by atoms with Gasteiger partial charge in [-0.15, -0.1) is 0 Å². The van der Waals surface area contributed by atoms with Crippen LogP contribution in [0.4, 0.5) is 11.4 Å². The van der Waals surface area contributed by atoms with Gasteiger partial charge in [-0.05, 0) is 65.4 Å². The molecule has 1 nitrogen and oxygen atoms in total. The van der Waals surface area contributed by atoms with Gasteiger partial charge in [-0.25, -0.2) is 0 Å². The van der Waals surface area contributed by atoms with E-state index in [-0.39, 0.29) is 0 Å². The van der Waals surface area contributed by atoms with Crippen molar-refractivity contribution >= 4 is 29.6 Å². The minimum atomic E-state index is 0.889. The maximum Gasteiger partial charge on any atom is 0.0516 e. The molecule has 0 aliphatic carbocycles. The second kappa shape index (κ2) is 11.0. The van der Waals surface area contributed by atoms with E-state index in [0.717, 1.165) is 45.8 Å². The fourth-order valence-corrected chi connectivity index (χ4v) is 3.67. The molecular formula is C31H31N. The zero-order chi connectivity index (χ0) is 22.9. The lowest BCUT2D eigenvalue weighted by molar-refractivity contribution is 1.05. The van der Waals surface area contributed by atoms with Crippen molar-refractivity contribution in [3.63, 3.8) is 0 Å². The van der Waals surface area contributed by atoms with Crippen molar-refractivity contribution in [3.05, 3.63) is 138 Å². The van der Waals surface area contributed by atoms with Gasteiger partial charge in [0.05, 0.1) is 5.70 Å². The van der Waals surface area contributed by atoms with Crippen LogP contribution in [-0.2, 0) is 0 Å². The molecule has 0 fully saturated rings. The molecule has 0 aliphatic rings. The van der Waals surface area contributed by atoms with Crippen molar-refractivity contribution in [1.29, 1.82) is 0 Å². The van der Waals surface area contributed by atoms with Crippen molar-refractivity contribution in [2.45, 2.75) is 20.3 Å². The van der Waals surface area contributed by atoms with E-state index in [1.54, 1.807) is 0 Å². The summed E-state index contributed by atoms with van der Waals surface area (Å²) in [6.45, 7) is 16.3. The fraction of sp³-hybridized carbons (Fsp3) is 0.0968. The summed E-state index contributed by atoms with van der Waals surface area (Å²) in [5.41, 5.74) is 8.91. The molecule has 3 rings (SSSR count). The average molecular weight is 418 g/mol. The molecule has 160 valence electrons. The summed E-state index contributed by atoms with van der Waals surface area (Å²) in [5.74, 6) is 0. The van der Waals surface area contributed by atoms with E-state index in [0.29, 0.717) is 0 Å². The summed E-state index contributed by atoms with van der Waals surface area (Å²) in [5, 5.41) is 0. The third-order valence-electron chi connectivity index (χ3n) is 5.37. The Balaban J connectivity index is 1.98. The highest BCUT2D eigenvalue weighted by molar-refractivity contribution is 5.75. The Hall–Kier alpha value is -3.84. The normalized spacial score (nSPS) is 11.7. The molecule has 0 amide bonds. The Bertz CT molecular complexity index is 1130. The maximum absolute atomic E-state index is 4.27. The van der Waals surface area contributed by atoms with Crippen LogP contribution >= 0.6 is 0 Å². The summed E-state index contributed by atoms with van der Waals surface area (Å²) in [7, 11) is 0. The minimum absolute atomic E-state index is 0.889. The first kappa shape index (κ1) is 22.8. The predicted molar refractivity (Wildman–Crippen MR) is 143 cm³/mol. The topological polar surface area (TPSA) is 3.24 Å². The van der Waals surface area contributed by atoms with Crippen molar-refractivity contribution in [2.75, 3.05) is 4.90 Å². The highest BCUT2D eigenvalue weighted by Crippen LogP contribution is 2.35. The van der Waals surface area contributed by atoms with Crippen LogP contribution in [0.15, 0.2) is 122 Å². The first-order valence-electron chi connectivity index (χ1n) is 10.9. The zero-order valence-electron chi connectivity index (χ0n) is 19.1. The van der Waals surface area contributed by atoms with E-state index in [9.17, 15) is 0 Å². The number of para-hydroxylation sites is 1. The van der Waals surface area contributed by atoms with E-state index >= 15 is 0 Å². The van der Waals surface area contributed by atoms with E-state index in [1.165, 1.54) is 5.57 Å². The standard InChI is InChI=1S/C31H31N/c1-6-25-14-16-26(17-15-25)18-19-27-20-22-30(23-21-27)32(29-12-10-9-11-13-29)31(24(4)5)28(7-2)8-3/h6-7,9-23H,1-2,4,8H2,3,5H3/b19-18+,31-28-. The van der Waals surface area contributed by atoms with Gasteiger partial charge in [0.1, 0.15) is 0 Å². The second-order valence-corrected chi connectivity index (χ2v) is 7.68. The maximum atomic E-state index is 4.27. The summed E-state index contributed by atoms with van der Waals surface area (Å²) in [6, 6.07) is 27.4. The van der Waals surface area contributed by atoms with E-state index in [2.05, 4.69) is 123 Å². The smallest absolute Gasteiger partial charge is 0.0516 e. The Morgan fingerprint density at radius 2 is 1.25 bits per heavy atom. The molecule has 0 aliphatic heterocycles. The molecule has 0 bridgehead atoms. The van der Waals surface area contributed by atoms with Gasteiger partial charge < -0.3 is 4.90 Å². The summed E-state index contributed by atoms with van der Waals surface area (Å²) in [4.78, 5) is 2.27. The Kier molecular flexibility index (Phi) is 7.83. The molecule has 32 heavy (non-hydrogen) atoms. The second-order valence-electron chi connectivity index (χ2n) is 7.68. The van der Waals surface area contributed by atoms with Crippen molar-refractivity contribution in [3.8, 4) is 0 Å². The van der Waals surface area contributed by atoms with E-state index in [4.69, 9.17) is 0 Å². The summed E-state index contributed by atoms with van der Waals surface area (Å²) in [6.07, 6.45) is 8.95. The lowest BCUT2D eigenvalue weighted by Crippen LogP contribution is -2.19. The van der Waals surface area contributed by atoms with Crippen LogP contribution in [0.1, 0.15) is 37.0 Å². The lowest BCUT2D eigenvalue weighted by Gasteiger charge is -2.30. The number of rotatable bonds is 9. The summed E-state index contributed by atoms with van der Waals surface area (Å²) < 4.78 is 0. The SMILES string of the molecule is C=C/C(CC)=C(\C(=C)C)N(c1ccccc1)c1ccc(/C=C/c2ccc(C=C)cc2)cc1. The van der Waals surface area contributed by atoms with Gasteiger partial charge in [-0.3, -0.25) is 0 Å². The minimum Gasteiger partial charge on any atom is -0.310 e. The van der Waals surface area contributed by atoms with Crippen LogP contribution in [-0.4, -0.2) is 0 Å². The van der Waals surface area contributed by atoms with Crippen molar-refractivity contribution in [2.24, 2.45) is 0 Å². The van der Waals surface area contributed by atoms with Crippen molar-refractivity contribution < 1.29 is 0 Å². The number of hydrogen-bond acceptors (Lipinski definition) is 1. The number of allylic oxidation sites excluding steroid dienone is 3. The van der Waals surface area contributed by atoms with Crippen LogP contribution < -0.4 is 4.90 Å². The van der Waals surface area contributed by atoms with Crippen LogP contribution in [0.25, 0.3) is 18.2 Å². The molecule has 3 aromatic rings. The van der Waals surface area contributed by atoms with Crippen LogP contribution in [0.5, 0.6) is 0 Å². The molecule has 0 N–H and O–H groups in total. The van der Waals surface area contributed by atoms with Gasteiger partial charge in [0.15, 0.2) is 0 Å². The van der Waals surface area contributed by atoms with Gasteiger partial charge in [-0.2, -0.15) is 0 Å².